The monoisotopic (exact) mass is 393 g/mol. The summed E-state index contributed by atoms with van der Waals surface area (Å²) >= 11 is 7.37. The van der Waals surface area contributed by atoms with E-state index in [4.69, 9.17) is 16.3 Å². The maximum Gasteiger partial charge on any atom is 0.262 e. The molecule has 3 nitrogen and oxygen atoms in total. The number of hydrogen-bond acceptors (Lipinski definition) is 3. The Bertz CT molecular complexity index is 998. The van der Waals surface area contributed by atoms with Gasteiger partial charge in [0.1, 0.15) is 12.4 Å². The molecule has 27 heavy (non-hydrogen) atoms. The molecule has 0 saturated carbocycles. The first-order chi connectivity index (χ1) is 13.2. The predicted octanol–water partition coefficient (Wildman–Crippen LogP) is 6.00. The molecule has 0 spiro atoms. The Morgan fingerprint density at radius 1 is 0.963 bits per heavy atom. The van der Waals surface area contributed by atoms with Gasteiger partial charge in [0.15, 0.2) is 0 Å². The molecule has 0 atom stereocenters. The normalized spacial score (nSPS) is 14.6. The average Bonchev–Trinajstić information content (AvgIpc) is 2.69. The molecule has 1 aliphatic rings. The highest BCUT2D eigenvalue weighted by molar-refractivity contribution is 8.04. The van der Waals surface area contributed by atoms with E-state index in [-0.39, 0.29) is 5.91 Å². The number of carbonyl (C=O) groups excluding carboxylic acids is 1. The van der Waals surface area contributed by atoms with E-state index in [0.29, 0.717) is 16.5 Å². The molecule has 0 aromatic heterocycles. The molecule has 0 fully saturated rings. The van der Waals surface area contributed by atoms with Gasteiger partial charge >= 0.3 is 0 Å². The van der Waals surface area contributed by atoms with E-state index >= 15 is 0 Å². The van der Waals surface area contributed by atoms with Crippen LogP contribution in [0.5, 0.6) is 5.75 Å². The number of carbonyl (C=O) groups is 1. The second kappa shape index (κ2) is 7.91. The minimum absolute atomic E-state index is 0.0817. The van der Waals surface area contributed by atoms with E-state index in [0.717, 1.165) is 27.5 Å². The summed E-state index contributed by atoms with van der Waals surface area (Å²) in [4.78, 5) is 14.0. The molecule has 4 rings (SSSR count). The van der Waals surface area contributed by atoms with E-state index in [1.807, 2.05) is 78.9 Å². The van der Waals surface area contributed by atoms with E-state index in [1.165, 1.54) is 11.8 Å². The standard InChI is InChI=1S/C22H16ClNO2S/c23-17-9-5-16(6-10-17)14-26-18-11-7-15(8-12-18)13-21-22(25)24-19-3-1-2-4-20(19)27-21/h1-13H,14H2,(H,24,25)/b21-13-. The second-order valence-electron chi connectivity index (χ2n) is 6.05. The summed E-state index contributed by atoms with van der Waals surface area (Å²) in [7, 11) is 0. The fourth-order valence-corrected chi connectivity index (χ4v) is 3.74. The largest absolute Gasteiger partial charge is 0.489 e. The lowest BCUT2D eigenvalue weighted by Gasteiger charge is -2.18. The number of nitrogens with one attached hydrogen (secondary N) is 1. The predicted molar refractivity (Wildman–Crippen MR) is 111 cm³/mol. The van der Waals surface area contributed by atoms with Crippen molar-refractivity contribution < 1.29 is 9.53 Å². The maximum atomic E-state index is 12.3. The van der Waals surface area contributed by atoms with E-state index in [2.05, 4.69) is 5.32 Å². The summed E-state index contributed by atoms with van der Waals surface area (Å²) in [6, 6.07) is 23.1. The van der Waals surface area contributed by atoms with Crippen LogP contribution in [-0.4, -0.2) is 5.91 Å². The number of ether oxygens (including phenoxy) is 1. The van der Waals surface area contributed by atoms with Crippen molar-refractivity contribution in [1.82, 2.24) is 0 Å². The molecule has 1 aliphatic heterocycles. The second-order valence-corrected chi connectivity index (χ2v) is 7.57. The molecule has 0 unspecified atom stereocenters. The van der Waals surface area contributed by atoms with Gasteiger partial charge in [-0.25, -0.2) is 0 Å². The quantitative estimate of drug-likeness (QED) is 0.552. The van der Waals surface area contributed by atoms with Crippen LogP contribution in [0.2, 0.25) is 5.02 Å². The number of anilines is 1. The van der Waals surface area contributed by atoms with Crippen molar-refractivity contribution in [3.8, 4) is 5.75 Å². The number of benzene rings is 3. The Morgan fingerprint density at radius 2 is 1.70 bits per heavy atom. The zero-order valence-corrected chi connectivity index (χ0v) is 15.9. The van der Waals surface area contributed by atoms with Gasteiger partial charge in [-0.1, -0.05) is 59.8 Å². The van der Waals surface area contributed by atoms with Crippen LogP contribution in [0.4, 0.5) is 5.69 Å². The van der Waals surface area contributed by atoms with Crippen LogP contribution in [0.15, 0.2) is 82.6 Å². The minimum atomic E-state index is -0.0817. The summed E-state index contributed by atoms with van der Waals surface area (Å²) in [6.07, 6.45) is 1.89. The average molecular weight is 394 g/mol. The molecule has 134 valence electrons. The van der Waals surface area contributed by atoms with Crippen LogP contribution in [0, 0.1) is 0 Å². The van der Waals surface area contributed by atoms with Crippen molar-refractivity contribution in [3.63, 3.8) is 0 Å². The summed E-state index contributed by atoms with van der Waals surface area (Å²) in [5, 5.41) is 3.63. The molecular formula is C22H16ClNO2S. The van der Waals surface area contributed by atoms with E-state index in [1.54, 1.807) is 0 Å². The number of hydrogen-bond donors (Lipinski definition) is 1. The van der Waals surface area contributed by atoms with Gasteiger partial charge in [0.2, 0.25) is 0 Å². The Balaban J connectivity index is 1.44. The van der Waals surface area contributed by atoms with E-state index < -0.39 is 0 Å². The SMILES string of the molecule is O=C1Nc2ccccc2S/C1=C\c1ccc(OCc2ccc(Cl)cc2)cc1. The molecule has 0 bridgehead atoms. The van der Waals surface area contributed by atoms with Crippen molar-refractivity contribution in [2.75, 3.05) is 5.32 Å². The third kappa shape index (κ3) is 4.35. The first-order valence-corrected chi connectivity index (χ1v) is 9.64. The lowest BCUT2D eigenvalue weighted by atomic mass is 10.2. The Morgan fingerprint density at radius 3 is 2.48 bits per heavy atom. The molecule has 1 heterocycles. The molecule has 3 aromatic carbocycles. The fraction of sp³-hybridized carbons (Fsp3) is 0.0455. The first kappa shape index (κ1) is 17.7. The maximum absolute atomic E-state index is 12.3. The van der Waals surface area contributed by atoms with Gasteiger partial charge in [-0.05, 0) is 53.6 Å². The van der Waals surface area contributed by atoms with Gasteiger partial charge in [-0.15, -0.1) is 0 Å². The first-order valence-electron chi connectivity index (χ1n) is 8.45. The fourth-order valence-electron chi connectivity index (χ4n) is 2.66. The van der Waals surface area contributed by atoms with Crippen LogP contribution in [-0.2, 0) is 11.4 Å². The number of halogens is 1. The van der Waals surface area contributed by atoms with E-state index in [9.17, 15) is 4.79 Å². The lowest BCUT2D eigenvalue weighted by Crippen LogP contribution is -2.17. The van der Waals surface area contributed by atoms with Crippen molar-refractivity contribution in [2.45, 2.75) is 11.5 Å². The third-order valence-electron chi connectivity index (χ3n) is 4.08. The van der Waals surface area contributed by atoms with Gasteiger partial charge in [0.05, 0.1) is 10.6 Å². The zero-order chi connectivity index (χ0) is 18.6. The van der Waals surface area contributed by atoms with Crippen molar-refractivity contribution in [2.24, 2.45) is 0 Å². The van der Waals surface area contributed by atoms with Crippen LogP contribution in [0.1, 0.15) is 11.1 Å². The number of para-hydroxylation sites is 1. The van der Waals surface area contributed by atoms with Gasteiger partial charge < -0.3 is 10.1 Å². The summed E-state index contributed by atoms with van der Waals surface area (Å²) < 4.78 is 5.80. The number of fused-ring (bicyclic) bond motifs is 1. The van der Waals surface area contributed by atoms with Gasteiger partial charge in [0.25, 0.3) is 5.91 Å². The zero-order valence-electron chi connectivity index (χ0n) is 14.3. The molecule has 0 radical (unpaired) electrons. The van der Waals surface area contributed by atoms with Gasteiger partial charge in [-0.2, -0.15) is 0 Å². The van der Waals surface area contributed by atoms with Gasteiger partial charge in [0, 0.05) is 9.92 Å². The van der Waals surface area contributed by atoms with Crippen LogP contribution >= 0.6 is 23.4 Å². The van der Waals surface area contributed by atoms with Crippen LogP contribution in [0.25, 0.3) is 6.08 Å². The van der Waals surface area contributed by atoms with Crippen LogP contribution in [0.3, 0.4) is 0 Å². The Kier molecular flexibility index (Phi) is 5.19. The topological polar surface area (TPSA) is 38.3 Å². The Hall–Kier alpha value is -2.69. The lowest BCUT2D eigenvalue weighted by molar-refractivity contribution is -0.112. The highest BCUT2D eigenvalue weighted by Crippen LogP contribution is 2.38. The number of thioether (sulfide) groups is 1. The molecule has 1 N–H and O–H groups in total. The molecule has 5 heteroatoms. The van der Waals surface area contributed by atoms with Crippen molar-refractivity contribution >= 4 is 41.0 Å². The van der Waals surface area contributed by atoms with Crippen molar-refractivity contribution in [3.05, 3.63) is 93.9 Å². The molecule has 0 aliphatic carbocycles. The highest BCUT2D eigenvalue weighted by atomic mass is 35.5. The minimum Gasteiger partial charge on any atom is -0.489 e. The molecular weight excluding hydrogens is 378 g/mol. The molecule has 1 amide bonds. The highest BCUT2D eigenvalue weighted by Gasteiger charge is 2.20. The summed E-state index contributed by atoms with van der Waals surface area (Å²) in [5.74, 6) is 0.694. The smallest absolute Gasteiger partial charge is 0.262 e. The van der Waals surface area contributed by atoms with Gasteiger partial charge in [-0.3, -0.25) is 4.79 Å². The number of amides is 1. The summed E-state index contributed by atoms with van der Waals surface area (Å²) in [6.45, 7) is 0.479. The van der Waals surface area contributed by atoms with Crippen LogP contribution < -0.4 is 10.1 Å². The van der Waals surface area contributed by atoms with Crippen molar-refractivity contribution in [1.29, 1.82) is 0 Å². The summed E-state index contributed by atoms with van der Waals surface area (Å²) in [5.41, 5.74) is 2.86. The Labute approximate surface area is 167 Å². The molecule has 3 aromatic rings. The number of rotatable bonds is 4. The molecule has 0 saturated heterocycles. The third-order valence-corrected chi connectivity index (χ3v) is 5.43.